The molecule has 0 radical (unpaired) electrons. The van der Waals surface area contributed by atoms with Gasteiger partial charge in [-0.05, 0) is 18.6 Å². The lowest BCUT2D eigenvalue weighted by atomic mass is 9.90. The predicted molar refractivity (Wildman–Crippen MR) is 66.3 cm³/mol. The van der Waals surface area contributed by atoms with E-state index < -0.39 is 11.8 Å². The molecule has 1 saturated heterocycles. The van der Waals surface area contributed by atoms with Crippen LogP contribution in [0.3, 0.4) is 0 Å². The number of carbonyl (C=O) groups excluding carboxylic acids is 2. The molecule has 1 fully saturated rings. The fraction of sp³-hybridized carbons (Fsp3) is 0.250. The number of hydrogen-bond acceptors (Lipinski definition) is 3. The van der Waals surface area contributed by atoms with Gasteiger partial charge in [-0.3, -0.25) is 14.9 Å². The third-order valence-corrected chi connectivity index (χ3v) is 3.42. The highest BCUT2D eigenvalue weighted by Gasteiger charge is 2.31. The normalized spacial score (nSPS) is 19.3. The van der Waals surface area contributed by atoms with Crippen molar-refractivity contribution >= 4 is 35.0 Å². The Kier molecular flexibility index (Phi) is 3.55. The van der Waals surface area contributed by atoms with E-state index in [9.17, 15) is 9.59 Å². The molecule has 4 nitrogen and oxygen atoms in total. The average molecular weight is 283 g/mol. The number of piperidine rings is 1. The maximum Gasteiger partial charge on any atom is 0.234 e. The third-order valence-electron chi connectivity index (χ3n) is 2.80. The molecular formula is C12H8Cl2N2O2. The number of nitrogens with zero attached hydrogens (tertiary/aromatic N) is 1. The van der Waals surface area contributed by atoms with Crippen molar-refractivity contribution in [2.45, 2.75) is 18.8 Å². The first-order chi connectivity index (χ1) is 8.52. The Balaban J connectivity index is 2.43. The van der Waals surface area contributed by atoms with Gasteiger partial charge in [-0.2, -0.15) is 5.26 Å². The van der Waals surface area contributed by atoms with E-state index in [0.29, 0.717) is 17.5 Å². The summed E-state index contributed by atoms with van der Waals surface area (Å²) in [6.45, 7) is 0. The van der Waals surface area contributed by atoms with Crippen molar-refractivity contribution in [3.05, 3.63) is 33.3 Å². The van der Waals surface area contributed by atoms with Crippen LogP contribution in [-0.2, 0) is 9.59 Å². The van der Waals surface area contributed by atoms with E-state index in [1.54, 1.807) is 0 Å². The summed E-state index contributed by atoms with van der Waals surface area (Å²) in [6, 6.07) is 4.86. The highest BCUT2D eigenvalue weighted by molar-refractivity contribution is 6.36. The number of benzene rings is 1. The fourth-order valence-corrected chi connectivity index (χ4v) is 2.70. The first-order valence-electron chi connectivity index (χ1n) is 5.25. The SMILES string of the molecule is N#Cc1cc(Cl)c(C2CCC(=O)NC2=O)c(Cl)c1. The molecule has 1 atom stereocenters. The number of nitriles is 1. The first kappa shape index (κ1) is 12.9. The second-order valence-corrected chi connectivity index (χ2v) is 4.78. The molecule has 1 aliphatic heterocycles. The monoisotopic (exact) mass is 282 g/mol. The summed E-state index contributed by atoms with van der Waals surface area (Å²) in [7, 11) is 0. The summed E-state index contributed by atoms with van der Waals surface area (Å²) in [5.41, 5.74) is 0.809. The highest BCUT2D eigenvalue weighted by Crippen LogP contribution is 2.36. The number of rotatable bonds is 1. The number of carbonyl (C=O) groups is 2. The van der Waals surface area contributed by atoms with Crippen LogP contribution in [0.2, 0.25) is 10.0 Å². The second kappa shape index (κ2) is 4.97. The van der Waals surface area contributed by atoms with Gasteiger partial charge in [0.2, 0.25) is 11.8 Å². The quantitative estimate of drug-likeness (QED) is 0.804. The lowest BCUT2D eigenvalue weighted by Crippen LogP contribution is -2.39. The number of amides is 2. The Bertz CT molecular complexity index is 555. The van der Waals surface area contributed by atoms with Gasteiger partial charge in [0.05, 0.1) is 17.6 Å². The van der Waals surface area contributed by atoms with E-state index in [1.807, 2.05) is 6.07 Å². The molecule has 0 saturated carbocycles. The molecule has 2 rings (SSSR count). The summed E-state index contributed by atoms with van der Waals surface area (Å²) >= 11 is 12.1. The number of imide groups is 1. The van der Waals surface area contributed by atoms with E-state index in [2.05, 4.69) is 5.32 Å². The van der Waals surface area contributed by atoms with E-state index in [-0.39, 0.29) is 22.4 Å². The van der Waals surface area contributed by atoms with Crippen molar-refractivity contribution in [3.63, 3.8) is 0 Å². The Morgan fingerprint density at radius 2 is 1.89 bits per heavy atom. The molecule has 1 aromatic rings. The van der Waals surface area contributed by atoms with Gasteiger partial charge < -0.3 is 0 Å². The molecule has 18 heavy (non-hydrogen) atoms. The standard InChI is InChI=1S/C12H8Cl2N2O2/c13-8-3-6(5-15)4-9(14)11(8)7-1-2-10(17)16-12(7)18/h3-4,7H,1-2H2,(H,16,17,18). The van der Waals surface area contributed by atoms with Crippen molar-refractivity contribution in [2.24, 2.45) is 0 Å². The van der Waals surface area contributed by atoms with Gasteiger partial charge in [-0.1, -0.05) is 23.2 Å². The second-order valence-electron chi connectivity index (χ2n) is 3.97. The molecule has 0 bridgehead atoms. The Morgan fingerprint density at radius 1 is 1.28 bits per heavy atom. The summed E-state index contributed by atoms with van der Waals surface area (Å²) in [4.78, 5) is 22.8. The number of halogens is 2. The van der Waals surface area contributed by atoms with Gasteiger partial charge in [0.15, 0.2) is 0 Å². The average Bonchev–Trinajstić information content (AvgIpc) is 2.30. The van der Waals surface area contributed by atoms with Gasteiger partial charge in [0.25, 0.3) is 0 Å². The van der Waals surface area contributed by atoms with Crippen LogP contribution in [0.4, 0.5) is 0 Å². The lowest BCUT2D eigenvalue weighted by molar-refractivity contribution is -0.134. The number of hydrogen-bond donors (Lipinski definition) is 1. The Morgan fingerprint density at radius 3 is 2.39 bits per heavy atom. The van der Waals surface area contributed by atoms with E-state index in [1.165, 1.54) is 12.1 Å². The zero-order chi connectivity index (χ0) is 13.3. The molecule has 1 heterocycles. The Labute approximate surface area is 113 Å². The fourth-order valence-electron chi connectivity index (χ4n) is 1.95. The zero-order valence-electron chi connectivity index (χ0n) is 9.17. The van der Waals surface area contributed by atoms with Crippen LogP contribution in [0.5, 0.6) is 0 Å². The minimum atomic E-state index is -0.546. The van der Waals surface area contributed by atoms with Gasteiger partial charge in [0, 0.05) is 22.0 Å². The maximum atomic E-state index is 11.7. The lowest BCUT2D eigenvalue weighted by Gasteiger charge is -2.23. The summed E-state index contributed by atoms with van der Waals surface area (Å²) in [5.74, 6) is -1.24. The van der Waals surface area contributed by atoms with Crippen molar-refractivity contribution in [3.8, 4) is 6.07 Å². The molecule has 0 aromatic heterocycles. The largest absolute Gasteiger partial charge is 0.296 e. The molecule has 1 aromatic carbocycles. The van der Waals surface area contributed by atoms with Crippen LogP contribution >= 0.6 is 23.2 Å². The van der Waals surface area contributed by atoms with Gasteiger partial charge >= 0.3 is 0 Å². The van der Waals surface area contributed by atoms with Crippen molar-refractivity contribution in [2.75, 3.05) is 0 Å². The molecule has 0 aliphatic carbocycles. The molecule has 1 aliphatic rings. The summed E-state index contributed by atoms with van der Waals surface area (Å²) in [5, 5.41) is 11.6. The molecule has 6 heteroatoms. The highest BCUT2D eigenvalue weighted by atomic mass is 35.5. The first-order valence-corrected chi connectivity index (χ1v) is 6.01. The summed E-state index contributed by atoms with van der Waals surface area (Å²) < 4.78 is 0. The maximum absolute atomic E-state index is 11.7. The molecule has 92 valence electrons. The van der Waals surface area contributed by atoms with Crippen LogP contribution in [0.1, 0.15) is 29.9 Å². The Hall–Kier alpha value is -1.57. The number of nitrogens with one attached hydrogen (secondary N) is 1. The molecule has 1 N–H and O–H groups in total. The van der Waals surface area contributed by atoms with Crippen LogP contribution in [-0.4, -0.2) is 11.8 Å². The minimum Gasteiger partial charge on any atom is -0.296 e. The predicted octanol–water partition coefficient (Wildman–Crippen LogP) is 2.39. The minimum absolute atomic E-state index is 0.253. The molecule has 0 spiro atoms. The van der Waals surface area contributed by atoms with Crippen molar-refractivity contribution < 1.29 is 9.59 Å². The molecule has 2 amide bonds. The third kappa shape index (κ3) is 2.33. The molecule has 1 unspecified atom stereocenters. The van der Waals surface area contributed by atoms with E-state index in [4.69, 9.17) is 28.5 Å². The molecular weight excluding hydrogens is 275 g/mol. The van der Waals surface area contributed by atoms with Crippen molar-refractivity contribution in [1.82, 2.24) is 5.32 Å². The van der Waals surface area contributed by atoms with Gasteiger partial charge in [-0.25, -0.2) is 0 Å². The summed E-state index contributed by atoms with van der Waals surface area (Å²) in [6.07, 6.45) is 0.624. The zero-order valence-corrected chi connectivity index (χ0v) is 10.7. The van der Waals surface area contributed by atoms with Gasteiger partial charge in [0.1, 0.15) is 0 Å². The smallest absolute Gasteiger partial charge is 0.234 e. The van der Waals surface area contributed by atoms with E-state index in [0.717, 1.165) is 0 Å². The van der Waals surface area contributed by atoms with Crippen LogP contribution in [0.25, 0.3) is 0 Å². The van der Waals surface area contributed by atoms with Crippen LogP contribution < -0.4 is 5.32 Å². The van der Waals surface area contributed by atoms with Crippen molar-refractivity contribution in [1.29, 1.82) is 5.26 Å². The van der Waals surface area contributed by atoms with Crippen LogP contribution in [0, 0.1) is 11.3 Å². The van der Waals surface area contributed by atoms with Gasteiger partial charge in [-0.15, -0.1) is 0 Å². The van der Waals surface area contributed by atoms with E-state index >= 15 is 0 Å². The topological polar surface area (TPSA) is 70.0 Å². The van der Waals surface area contributed by atoms with Crippen LogP contribution in [0.15, 0.2) is 12.1 Å².